The molecule has 0 saturated heterocycles. The second-order valence-corrected chi connectivity index (χ2v) is 8.46. The highest BCUT2D eigenvalue weighted by atomic mass is 14.6. The molecule has 0 aliphatic rings. The van der Waals surface area contributed by atoms with Gasteiger partial charge >= 0.3 is 0 Å². The molecular weight excluding hydrogens is 314 g/mol. The average molecular weight is 364 g/mol. The van der Waals surface area contributed by atoms with Gasteiger partial charge in [0, 0.05) is 6.04 Å². The van der Waals surface area contributed by atoms with E-state index in [0.717, 1.165) is 12.3 Å². The molecular formula is C25H49N. The van der Waals surface area contributed by atoms with Crippen molar-refractivity contribution in [3.05, 3.63) is 24.3 Å². The first-order chi connectivity index (χ1) is 12.7. The first-order valence-corrected chi connectivity index (χ1v) is 11.7. The van der Waals surface area contributed by atoms with Crippen LogP contribution in [0, 0.1) is 5.92 Å². The Morgan fingerprint density at radius 2 is 1.15 bits per heavy atom. The van der Waals surface area contributed by atoms with Crippen LogP contribution in [0.25, 0.3) is 0 Å². The fraction of sp³-hybridized carbons (Fsp3) is 0.840. The van der Waals surface area contributed by atoms with Gasteiger partial charge in [-0.2, -0.15) is 0 Å². The van der Waals surface area contributed by atoms with E-state index in [4.69, 9.17) is 5.73 Å². The van der Waals surface area contributed by atoms with Crippen LogP contribution in [0.1, 0.15) is 124 Å². The molecule has 1 heteroatoms. The summed E-state index contributed by atoms with van der Waals surface area (Å²) in [4.78, 5) is 0. The summed E-state index contributed by atoms with van der Waals surface area (Å²) in [6.07, 6.45) is 30.4. The number of hydrogen-bond acceptors (Lipinski definition) is 1. The number of hydrogen-bond donors (Lipinski definition) is 1. The van der Waals surface area contributed by atoms with Gasteiger partial charge in [0.1, 0.15) is 0 Å². The van der Waals surface area contributed by atoms with Crippen molar-refractivity contribution >= 4 is 0 Å². The lowest BCUT2D eigenvalue weighted by molar-refractivity contribution is 0.458. The predicted octanol–water partition coefficient (Wildman–Crippen LogP) is 8.34. The van der Waals surface area contributed by atoms with Crippen molar-refractivity contribution < 1.29 is 0 Å². The zero-order valence-electron chi connectivity index (χ0n) is 18.4. The third-order valence-corrected chi connectivity index (χ3v) is 5.14. The van der Waals surface area contributed by atoms with E-state index in [1.54, 1.807) is 0 Å². The molecule has 0 aliphatic carbocycles. The minimum absolute atomic E-state index is 0.440. The van der Waals surface area contributed by atoms with Crippen molar-refractivity contribution in [2.24, 2.45) is 11.7 Å². The first-order valence-electron chi connectivity index (χ1n) is 11.7. The molecule has 0 rings (SSSR count). The molecule has 0 aliphatic heterocycles. The third-order valence-electron chi connectivity index (χ3n) is 5.14. The smallest absolute Gasteiger partial charge is 0.00389 e. The Labute approximate surface area is 165 Å². The Balaban J connectivity index is 3.22. The van der Waals surface area contributed by atoms with Gasteiger partial charge in [-0.1, -0.05) is 96.4 Å². The Morgan fingerprint density at radius 3 is 1.73 bits per heavy atom. The van der Waals surface area contributed by atoms with Gasteiger partial charge in [-0.15, -0.1) is 0 Å². The van der Waals surface area contributed by atoms with Crippen molar-refractivity contribution in [2.75, 3.05) is 0 Å². The van der Waals surface area contributed by atoms with Crippen LogP contribution in [-0.4, -0.2) is 6.04 Å². The van der Waals surface area contributed by atoms with E-state index in [2.05, 4.69) is 45.1 Å². The van der Waals surface area contributed by atoms with Crippen LogP contribution in [0.2, 0.25) is 0 Å². The van der Waals surface area contributed by atoms with Crippen molar-refractivity contribution in [2.45, 2.75) is 130 Å². The molecule has 1 unspecified atom stereocenters. The highest BCUT2D eigenvalue weighted by Gasteiger charge is 2.03. The first kappa shape index (κ1) is 25.4. The molecule has 0 fully saturated rings. The van der Waals surface area contributed by atoms with Gasteiger partial charge in [-0.05, 0) is 57.3 Å². The number of rotatable bonds is 19. The Hall–Kier alpha value is -0.560. The molecule has 1 atom stereocenters. The largest absolute Gasteiger partial charge is 0.328 e. The van der Waals surface area contributed by atoms with Gasteiger partial charge in [0.05, 0.1) is 0 Å². The number of nitrogens with two attached hydrogens (primary N) is 1. The summed E-state index contributed by atoms with van der Waals surface area (Å²) in [7, 11) is 0. The highest BCUT2D eigenvalue weighted by Crippen LogP contribution is 2.13. The Kier molecular flexibility index (Phi) is 20.3. The minimum Gasteiger partial charge on any atom is -0.328 e. The summed E-state index contributed by atoms with van der Waals surface area (Å²) in [5.41, 5.74) is 6.18. The van der Waals surface area contributed by atoms with E-state index in [1.807, 2.05) is 0 Å². The Morgan fingerprint density at radius 1 is 0.615 bits per heavy atom. The molecule has 0 amide bonds. The predicted molar refractivity (Wildman–Crippen MR) is 121 cm³/mol. The van der Waals surface area contributed by atoms with Crippen molar-refractivity contribution in [3.63, 3.8) is 0 Å². The van der Waals surface area contributed by atoms with E-state index < -0.39 is 0 Å². The summed E-state index contributed by atoms with van der Waals surface area (Å²) in [5, 5.41) is 0. The lowest BCUT2D eigenvalue weighted by atomic mass is 9.99. The van der Waals surface area contributed by atoms with E-state index >= 15 is 0 Å². The molecule has 154 valence electrons. The summed E-state index contributed by atoms with van der Waals surface area (Å²) in [5.74, 6) is 0.794. The van der Waals surface area contributed by atoms with Crippen LogP contribution in [0.4, 0.5) is 0 Å². The van der Waals surface area contributed by atoms with E-state index in [0.29, 0.717) is 6.04 Å². The fourth-order valence-electron chi connectivity index (χ4n) is 3.26. The van der Waals surface area contributed by atoms with Gasteiger partial charge in [-0.3, -0.25) is 0 Å². The molecule has 26 heavy (non-hydrogen) atoms. The van der Waals surface area contributed by atoms with Crippen LogP contribution in [0.5, 0.6) is 0 Å². The van der Waals surface area contributed by atoms with Crippen LogP contribution in [-0.2, 0) is 0 Å². The molecule has 0 aromatic rings. The maximum atomic E-state index is 6.18. The fourth-order valence-corrected chi connectivity index (χ4v) is 3.26. The summed E-state index contributed by atoms with van der Waals surface area (Å²) in [6, 6.07) is 0.440. The number of unbranched alkanes of at least 4 members (excludes halogenated alkanes) is 10. The SMILES string of the molecule is CCCCCC=CCC=CCCCCCCCCCC(N)CCC(C)C. The molecule has 2 N–H and O–H groups in total. The maximum Gasteiger partial charge on any atom is 0.00389 e. The number of allylic oxidation sites excluding steroid dienone is 4. The second-order valence-electron chi connectivity index (χ2n) is 8.46. The lowest BCUT2D eigenvalue weighted by Crippen LogP contribution is -2.20. The monoisotopic (exact) mass is 363 g/mol. The van der Waals surface area contributed by atoms with Crippen LogP contribution in [0.15, 0.2) is 24.3 Å². The zero-order valence-corrected chi connectivity index (χ0v) is 18.4. The average Bonchev–Trinajstić information content (AvgIpc) is 2.62. The zero-order chi connectivity index (χ0) is 19.3. The van der Waals surface area contributed by atoms with E-state index in [9.17, 15) is 0 Å². The maximum absolute atomic E-state index is 6.18. The molecule has 0 heterocycles. The standard InChI is InChI=1S/C25H49N/c1-4-5-6-7-8-9-10-11-12-13-14-15-16-17-18-19-20-21-25(26)23-22-24(2)3/h8-9,11-12,24-25H,4-7,10,13-23,26H2,1-3H3. The van der Waals surface area contributed by atoms with Crippen molar-refractivity contribution in [1.82, 2.24) is 0 Å². The van der Waals surface area contributed by atoms with Gasteiger partial charge in [0.2, 0.25) is 0 Å². The van der Waals surface area contributed by atoms with Gasteiger partial charge in [0.25, 0.3) is 0 Å². The molecule has 0 spiro atoms. The van der Waals surface area contributed by atoms with Crippen LogP contribution >= 0.6 is 0 Å². The highest BCUT2D eigenvalue weighted by molar-refractivity contribution is 4.92. The van der Waals surface area contributed by atoms with Crippen molar-refractivity contribution in [3.8, 4) is 0 Å². The second kappa shape index (κ2) is 20.7. The topological polar surface area (TPSA) is 26.0 Å². The molecule has 0 aromatic carbocycles. The van der Waals surface area contributed by atoms with Gasteiger partial charge in [-0.25, -0.2) is 0 Å². The lowest BCUT2D eigenvalue weighted by Gasteiger charge is -2.12. The van der Waals surface area contributed by atoms with Crippen molar-refractivity contribution in [1.29, 1.82) is 0 Å². The van der Waals surface area contributed by atoms with E-state index in [-0.39, 0.29) is 0 Å². The summed E-state index contributed by atoms with van der Waals surface area (Å²) >= 11 is 0. The quantitative estimate of drug-likeness (QED) is 0.181. The van der Waals surface area contributed by atoms with Crippen LogP contribution in [0.3, 0.4) is 0 Å². The molecule has 1 nitrogen and oxygen atoms in total. The molecule has 0 saturated carbocycles. The Bertz CT molecular complexity index is 316. The van der Waals surface area contributed by atoms with E-state index in [1.165, 1.54) is 96.3 Å². The molecule has 0 bridgehead atoms. The normalized spacial score (nSPS) is 13.4. The summed E-state index contributed by atoms with van der Waals surface area (Å²) in [6.45, 7) is 6.84. The van der Waals surface area contributed by atoms with Crippen LogP contribution < -0.4 is 5.73 Å². The minimum atomic E-state index is 0.440. The molecule has 0 aromatic heterocycles. The van der Waals surface area contributed by atoms with Gasteiger partial charge < -0.3 is 5.73 Å². The summed E-state index contributed by atoms with van der Waals surface area (Å²) < 4.78 is 0. The molecule has 0 radical (unpaired) electrons. The van der Waals surface area contributed by atoms with Gasteiger partial charge in [0.15, 0.2) is 0 Å². The third kappa shape index (κ3) is 21.5.